The molecule has 0 bridgehead atoms. The minimum absolute atomic E-state index is 0.0171. The van der Waals surface area contributed by atoms with Crippen LogP contribution < -0.4 is 0 Å². The van der Waals surface area contributed by atoms with Gasteiger partial charge in [-0.2, -0.15) is 0 Å². The molecule has 1 aliphatic rings. The molecule has 1 saturated heterocycles. The van der Waals surface area contributed by atoms with Crippen molar-refractivity contribution in [2.45, 2.75) is 78.0 Å². The van der Waals surface area contributed by atoms with E-state index in [2.05, 4.69) is 0 Å². The lowest BCUT2D eigenvalue weighted by Crippen LogP contribution is -2.41. The molecule has 1 heterocycles. The van der Waals surface area contributed by atoms with Gasteiger partial charge in [0.05, 0.1) is 25.7 Å². The van der Waals surface area contributed by atoms with Crippen LogP contribution >= 0.6 is 0 Å². The highest BCUT2D eigenvalue weighted by Gasteiger charge is 2.32. The van der Waals surface area contributed by atoms with E-state index in [-0.39, 0.29) is 24.5 Å². The van der Waals surface area contributed by atoms with Crippen molar-refractivity contribution in [3.05, 3.63) is 0 Å². The highest BCUT2D eigenvalue weighted by atomic mass is 16.6. The second-order valence-electron chi connectivity index (χ2n) is 7.88. The van der Waals surface area contributed by atoms with Gasteiger partial charge in [0.2, 0.25) is 0 Å². The largest absolute Gasteiger partial charge is 0.460 e. The molecule has 0 N–H and O–H groups in total. The van der Waals surface area contributed by atoms with E-state index in [1.165, 1.54) is 0 Å². The lowest BCUT2D eigenvalue weighted by atomic mass is 10.2. The van der Waals surface area contributed by atoms with E-state index in [0.29, 0.717) is 19.8 Å². The molecule has 0 aliphatic carbocycles. The topological polar surface area (TPSA) is 65.1 Å². The Kier molecular flexibility index (Phi) is 6.86. The Balaban J connectivity index is 2.31. The van der Waals surface area contributed by atoms with Crippen LogP contribution in [0.1, 0.15) is 60.8 Å². The Morgan fingerprint density at radius 2 is 1.65 bits per heavy atom. The zero-order valence-corrected chi connectivity index (χ0v) is 15.3. The van der Waals surface area contributed by atoms with Crippen LogP contribution in [-0.2, 0) is 19.0 Å². The molecule has 0 radical (unpaired) electrons. The zero-order valence-electron chi connectivity index (χ0n) is 15.3. The van der Waals surface area contributed by atoms with Gasteiger partial charge in [-0.25, -0.2) is 4.79 Å². The van der Waals surface area contributed by atoms with Gasteiger partial charge in [0.25, 0.3) is 0 Å². The molecule has 1 fully saturated rings. The number of likely N-dealkylation sites (tertiary alicyclic amines) is 1. The first-order valence-corrected chi connectivity index (χ1v) is 8.27. The van der Waals surface area contributed by atoms with Crippen molar-refractivity contribution in [2.75, 3.05) is 19.8 Å². The van der Waals surface area contributed by atoms with Crippen LogP contribution in [0, 0.1) is 0 Å². The van der Waals surface area contributed by atoms with Crippen LogP contribution in [0.2, 0.25) is 0 Å². The van der Waals surface area contributed by atoms with Gasteiger partial charge in [-0.15, -0.1) is 0 Å². The number of carbonyl (C=O) groups is 2. The van der Waals surface area contributed by atoms with Gasteiger partial charge in [0.15, 0.2) is 0 Å². The van der Waals surface area contributed by atoms with Crippen molar-refractivity contribution >= 4 is 12.1 Å². The molecule has 134 valence electrons. The van der Waals surface area contributed by atoms with Crippen LogP contribution in [0.5, 0.6) is 0 Å². The average molecular weight is 329 g/mol. The molecule has 0 unspecified atom stereocenters. The summed E-state index contributed by atoms with van der Waals surface area (Å²) < 4.78 is 16.2. The molecule has 23 heavy (non-hydrogen) atoms. The molecule has 6 heteroatoms. The number of amides is 1. The SMILES string of the molecule is CC(C)(C)OC(=O)CCOC[C@@H]1CCCN1C(=O)OC(C)(C)C. The third kappa shape index (κ3) is 8.21. The Bertz CT molecular complexity index is 408. The first-order valence-electron chi connectivity index (χ1n) is 8.27. The second-order valence-corrected chi connectivity index (χ2v) is 7.88. The molecule has 0 spiro atoms. The fourth-order valence-corrected chi connectivity index (χ4v) is 2.34. The molecule has 0 aromatic carbocycles. The van der Waals surface area contributed by atoms with Crippen molar-refractivity contribution in [3.63, 3.8) is 0 Å². The number of rotatable bonds is 5. The fourth-order valence-electron chi connectivity index (χ4n) is 2.34. The second kappa shape index (κ2) is 7.99. The summed E-state index contributed by atoms with van der Waals surface area (Å²) in [6.45, 7) is 12.5. The summed E-state index contributed by atoms with van der Waals surface area (Å²) in [5, 5.41) is 0. The zero-order chi connectivity index (χ0) is 17.7. The minimum Gasteiger partial charge on any atom is -0.460 e. The summed E-state index contributed by atoms with van der Waals surface area (Å²) in [5.41, 5.74) is -0.974. The molecule has 1 atom stereocenters. The van der Waals surface area contributed by atoms with Crippen molar-refractivity contribution in [1.29, 1.82) is 0 Å². The Labute approximate surface area is 139 Å². The normalized spacial score (nSPS) is 18.9. The average Bonchev–Trinajstić information content (AvgIpc) is 2.78. The number of hydrogen-bond acceptors (Lipinski definition) is 5. The summed E-state index contributed by atoms with van der Waals surface area (Å²) in [7, 11) is 0. The van der Waals surface area contributed by atoms with Gasteiger partial charge in [-0.05, 0) is 54.4 Å². The number of ether oxygens (including phenoxy) is 3. The number of esters is 1. The standard InChI is InChI=1S/C17H31NO5/c1-16(2,3)22-14(19)9-11-21-12-13-8-7-10-18(13)15(20)23-17(4,5)6/h13H,7-12H2,1-6H3/t13-/m0/s1. The van der Waals surface area contributed by atoms with E-state index in [1.54, 1.807) is 4.90 Å². The molecule has 0 saturated carbocycles. The fraction of sp³-hybridized carbons (Fsp3) is 0.882. The van der Waals surface area contributed by atoms with Gasteiger partial charge in [0.1, 0.15) is 11.2 Å². The third-order valence-corrected chi connectivity index (χ3v) is 3.19. The predicted octanol–water partition coefficient (Wildman–Crippen LogP) is 3.13. The van der Waals surface area contributed by atoms with Crippen LogP contribution in [0.25, 0.3) is 0 Å². The maximum atomic E-state index is 12.1. The lowest BCUT2D eigenvalue weighted by Gasteiger charge is -2.28. The van der Waals surface area contributed by atoms with Gasteiger partial charge < -0.3 is 19.1 Å². The number of hydrogen-bond donors (Lipinski definition) is 0. The van der Waals surface area contributed by atoms with E-state index in [4.69, 9.17) is 14.2 Å². The van der Waals surface area contributed by atoms with Crippen LogP contribution in [0.4, 0.5) is 4.79 Å². The maximum Gasteiger partial charge on any atom is 0.410 e. The molecule has 0 aromatic rings. The first kappa shape index (κ1) is 19.7. The van der Waals surface area contributed by atoms with Crippen molar-refractivity contribution < 1.29 is 23.8 Å². The molecule has 6 nitrogen and oxygen atoms in total. The molecule has 0 aromatic heterocycles. The molecular weight excluding hydrogens is 298 g/mol. The van der Waals surface area contributed by atoms with Gasteiger partial charge in [0, 0.05) is 6.54 Å². The molecule has 1 rings (SSSR count). The Hall–Kier alpha value is -1.30. The number of carbonyl (C=O) groups excluding carboxylic acids is 2. The van der Waals surface area contributed by atoms with Crippen LogP contribution in [0.15, 0.2) is 0 Å². The van der Waals surface area contributed by atoms with Gasteiger partial charge in [-0.1, -0.05) is 0 Å². The third-order valence-electron chi connectivity index (χ3n) is 3.19. The number of nitrogens with zero attached hydrogens (tertiary/aromatic N) is 1. The smallest absolute Gasteiger partial charge is 0.410 e. The van der Waals surface area contributed by atoms with Crippen molar-refractivity contribution in [2.24, 2.45) is 0 Å². The van der Waals surface area contributed by atoms with Crippen molar-refractivity contribution in [3.8, 4) is 0 Å². The molecular formula is C17H31NO5. The first-order chi connectivity index (χ1) is 10.5. The Morgan fingerprint density at radius 1 is 1.04 bits per heavy atom. The highest BCUT2D eigenvalue weighted by molar-refractivity contribution is 5.70. The van der Waals surface area contributed by atoms with E-state index < -0.39 is 11.2 Å². The Morgan fingerprint density at radius 3 is 2.22 bits per heavy atom. The van der Waals surface area contributed by atoms with Crippen LogP contribution in [-0.4, -0.2) is 54.0 Å². The van der Waals surface area contributed by atoms with Gasteiger partial charge in [-0.3, -0.25) is 4.79 Å². The molecule has 1 aliphatic heterocycles. The minimum atomic E-state index is -0.498. The summed E-state index contributed by atoms with van der Waals surface area (Å²) in [5.74, 6) is -0.270. The summed E-state index contributed by atoms with van der Waals surface area (Å²) in [6.07, 6.45) is 1.76. The predicted molar refractivity (Wildman–Crippen MR) is 87.2 cm³/mol. The van der Waals surface area contributed by atoms with E-state index in [1.807, 2.05) is 41.5 Å². The summed E-state index contributed by atoms with van der Waals surface area (Å²) in [6, 6.07) is 0.0171. The maximum absolute atomic E-state index is 12.1. The van der Waals surface area contributed by atoms with E-state index in [0.717, 1.165) is 12.8 Å². The highest BCUT2D eigenvalue weighted by Crippen LogP contribution is 2.21. The monoisotopic (exact) mass is 329 g/mol. The molecule has 1 amide bonds. The van der Waals surface area contributed by atoms with Crippen molar-refractivity contribution in [1.82, 2.24) is 4.90 Å². The quantitative estimate of drug-likeness (QED) is 0.573. The van der Waals surface area contributed by atoms with E-state index in [9.17, 15) is 9.59 Å². The lowest BCUT2D eigenvalue weighted by molar-refractivity contribution is -0.156. The van der Waals surface area contributed by atoms with Gasteiger partial charge >= 0.3 is 12.1 Å². The van der Waals surface area contributed by atoms with Crippen LogP contribution in [0.3, 0.4) is 0 Å². The summed E-state index contributed by atoms with van der Waals surface area (Å²) in [4.78, 5) is 25.5. The summed E-state index contributed by atoms with van der Waals surface area (Å²) >= 11 is 0. The van der Waals surface area contributed by atoms with E-state index >= 15 is 0 Å².